The van der Waals surface area contributed by atoms with Crippen LogP contribution < -0.4 is 10.5 Å². The molecule has 2 N–H and O–H groups in total. The molecule has 20 heavy (non-hydrogen) atoms. The molecule has 0 saturated carbocycles. The molecule has 106 valence electrons. The molecule has 0 aliphatic rings. The third kappa shape index (κ3) is 3.61. The summed E-state index contributed by atoms with van der Waals surface area (Å²) in [4.78, 5) is 0. The summed E-state index contributed by atoms with van der Waals surface area (Å²) in [6.45, 7) is 4.25. The van der Waals surface area contributed by atoms with Gasteiger partial charge in [-0.3, -0.25) is 0 Å². The lowest BCUT2D eigenvalue weighted by Gasteiger charge is -2.24. The van der Waals surface area contributed by atoms with Crippen LogP contribution in [-0.4, -0.2) is 6.10 Å². The number of nitrogens with two attached hydrogens (primary N) is 1. The first-order valence-electron chi connectivity index (χ1n) is 7.30. The molecular formula is C18H23NO. The van der Waals surface area contributed by atoms with E-state index in [0.717, 1.165) is 24.2 Å². The maximum absolute atomic E-state index is 6.34. The van der Waals surface area contributed by atoms with Gasteiger partial charge in [-0.15, -0.1) is 0 Å². The predicted octanol–water partition coefficient (Wildman–Crippen LogP) is 4.11. The summed E-state index contributed by atoms with van der Waals surface area (Å²) in [7, 11) is 0. The number of hydrogen-bond donors (Lipinski definition) is 1. The van der Waals surface area contributed by atoms with E-state index in [0.29, 0.717) is 0 Å². The predicted molar refractivity (Wildman–Crippen MR) is 83.9 cm³/mol. The summed E-state index contributed by atoms with van der Waals surface area (Å²) >= 11 is 0. The van der Waals surface area contributed by atoms with Gasteiger partial charge in [0, 0.05) is 0 Å². The molecule has 2 heteroatoms. The zero-order valence-corrected chi connectivity index (χ0v) is 12.3. The molecule has 0 bridgehead atoms. The Labute approximate surface area is 121 Å². The highest BCUT2D eigenvalue weighted by atomic mass is 16.5. The van der Waals surface area contributed by atoms with Crippen LogP contribution in [0.25, 0.3) is 0 Å². The fraction of sp³-hybridized carbons (Fsp3) is 0.333. The van der Waals surface area contributed by atoms with Crippen molar-refractivity contribution in [3.8, 4) is 5.75 Å². The third-order valence-electron chi connectivity index (χ3n) is 3.58. The van der Waals surface area contributed by atoms with Gasteiger partial charge in [0.15, 0.2) is 0 Å². The molecule has 0 heterocycles. The van der Waals surface area contributed by atoms with Crippen molar-refractivity contribution >= 4 is 0 Å². The zero-order valence-electron chi connectivity index (χ0n) is 12.3. The summed E-state index contributed by atoms with van der Waals surface area (Å²) in [5.41, 5.74) is 8.74. The highest BCUT2D eigenvalue weighted by molar-refractivity contribution is 5.29. The molecule has 0 aliphatic heterocycles. The highest BCUT2D eigenvalue weighted by Crippen LogP contribution is 2.23. The minimum Gasteiger partial charge on any atom is -0.488 e. The van der Waals surface area contributed by atoms with Crippen LogP contribution in [0.3, 0.4) is 0 Å². The van der Waals surface area contributed by atoms with E-state index in [1.54, 1.807) is 0 Å². The normalized spacial score (nSPS) is 13.8. The molecule has 2 unspecified atom stereocenters. The number of rotatable bonds is 6. The molecule has 0 spiro atoms. The van der Waals surface area contributed by atoms with E-state index in [9.17, 15) is 0 Å². The molecule has 2 rings (SSSR count). The maximum atomic E-state index is 6.34. The fourth-order valence-corrected chi connectivity index (χ4v) is 2.31. The summed E-state index contributed by atoms with van der Waals surface area (Å²) in [6, 6.07) is 18.3. The van der Waals surface area contributed by atoms with Crippen molar-refractivity contribution in [2.45, 2.75) is 38.8 Å². The van der Waals surface area contributed by atoms with Crippen molar-refractivity contribution < 1.29 is 4.74 Å². The molecular weight excluding hydrogens is 246 g/mol. The van der Waals surface area contributed by atoms with Crippen LogP contribution in [0, 0.1) is 0 Å². The van der Waals surface area contributed by atoms with Crippen molar-refractivity contribution in [1.29, 1.82) is 0 Å². The lowest BCUT2D eigenvalue weighted by atomic mass is 10.0. The van der Waals surface area contributed by atoms with Crippen LogP contribution >= 0.6 is 0 Å². The Hall–Kier alpha value is -1.80. The molecule has 0 radical (unpaired) electrons. The van der Waals surface area contributed by atoms with Gasteiger partial charge in [0.25, 0.3) is 0 Å². The highest BCUT2D eigenvalue weighted by Gasteiger charge is 2.19. The lowest BCUT2D eigenvalue weighted by Crippen LogP contribution is -2.30. The third-order valence-corrected chi connectivity index (χ3v) is 3.58. The first-order chi connectivity index (χ1) is 9.74. The van der Waals surface area contributed by atoms with Crippen molar-refractivity contribution in [1.82, 2.24) is 0 Å². The largest absolute Gasteiger partial charge is 0.488 e. The van der Waals surface area contributed by atoms with Gasteiger partial charge in [0.1, 0.15) is 11.9 Å². The summed E-state index contributed by atoms with van der Waals surface area (Å²) in [6.07, 6.45) is 1.88. The van der Waals surface area contributed by atoms with E-state index in [2.05, 4.69) is 38.1 Å². The van der Waals surface area contributed by atoms with Gasteiger partial charge in [-0.2, -0.15) is 0 Å². The van der Waals surface area contributed by atoms with Crippen molar-refractivity contribution in [2.75, 3.05) is 0 Å². The molecule has 2 nitrogen and oxygen atoms in total. The van der Waals surface area contributed by atoms with E-state index in [-0.39, 0.29) is 12.1 Å². The zero-order chi connectivity index (χ0) is 14.4. The molecule has 2 atom stereocenters. The van der Waals surface area contributed by atoms with E-state index in [1.807, 2.05) is 30.3 Å². The average molecular weight is 269 g/mol. The molecule has 0 fully saturated rings. The summed E-state index contributed by atoms with van der Waals surface area (Å²) in [5, 5.41) is 0. The van der Waals surface area contributed by atoms with Gasteiger partial charge in [-0.25, -0.2) is 0 Å². The van der Waals surface area contributed by atoms with Crippen LogP contribution in [0.2, 0.25) is 0 Å². The number of benzene rings is 2. The Bertz CT molecular complexity index is 524. The molecule has 0 aromatic heterocycles. The monoisotopic (exact) mass is 269 g/mol. The maximum Gasteiger partial charge on any atom is 0.120 e. The van der Waals surface area contributed by atoms with Crippen LogP contribution in [0.5, 0.6) is 5.75 Å². The molecule has 0 aliphatic carbocycles. The van der Waals surface area contributed by atoms with E-state index in [1.165, 1.54) is 5.56 Å². The van der Waals surface area contributed by atoms with Crippen molar-refractivity contribution in [2.24, 2.45) is 5.73 Å². The first kappa shape index (κ1) is 14.6. The van der Waals surface area contributed by atoms with Gasteiger partial charge in [0.2, 0.25) is 0 Å². The Morgan fingerprint density at radius 2 is 1.75 bits per heavy atom. The second kappa shape index (κ2) is 7.11. The second-order valence-electron chi connectivity index (χ2n) is 5.00. The van der Waals surface area contributed by atoms with Crippen LogP contribution in [0.4, 0.5) is 0 Å². The molecule has 2 aromatic carbocycles. The SMILES string of the molecule is CCc1cccc(OC(CC)C(N)c2ccccc2)c1. The second-order valence-corrected chi connectivity index (χ2v) is 5.00. The standard InChI is InChI=1S/C18H23NO/c1-3-14-9-8-12-16(13-14)20-17(4-2)18(19)15-10-6-5-7-11-15/h5-13,17-18H,3-4,19H2,1-2H3. The number of aryl methyl sites for hydroxylation is 1. The summed E-state index contributed by atoms with van der Waals surface area (Å²) in [5.74, 6) is 0.905. The van der Waals surface area contributed by atoms with Gasteiger partial charge >= 0.3 is 0 Å². The lowest BCUT2D eigenvalue weighted by molar-refractivity contribution is 0.166. The van der Waals surface area contributed by atoms with E-state index < -0.39 is 0 Å². The van der Waals surface area contributed by atoms with E-state index >= 15 is 0 Å². The number of hydrogen-bond acceptors (Lipinski definition) is 2. The van der Waals surface area contributed by atoms with Crippen molar-refractivity contribution in [3.63, 3.8) is 0 Å². The Kier molecular flexibility index (Phi) is 5.19. The molecule has 2 aromatic rings. The van der Waals surface area contributed by atoms with E-state index in [4.69, 9.17) is 10.5 Å². The van der Waals surface area contributed by atoms with Crippen molar-refractivity contribution in [3.05, 3.63) is 65.7 Å². The Morgan fingerprint density at radius 3 is 2.40 bits per heavy atom. The van der Waals surface area contributed by atoms with Gasteiger partial charge in [-0.1, -0.05) is 56.3 Å². The minimum atomic E-state index is -0.105. The van der Waals surface area contributed by atoms with Crippen LogP contribution in [-0.2, 0) is 6.42 Å². The Morgan fingerprint density at radius 1 is 1.00 bits per heavy atom. The van der Waals surface area contributed by atoms with Gasteiger partial charge < -0.3 is 10.5 Å². The van der Waals surface area contributed by atoms with Crippen LogP contribution in [0.15, 0.2) is 54.6 Å². The smallest absolute Gasteiger partial charge is 0.120 e. The Balaban J connectivity index is 2.12. The summed E-state index contributed by atoms with van der Waals surface area (Å²) < 4.78 is 6.10. The van der Waals surface area contributed by atoms with Gasteiger partial charge in [0.05, 0.1) is 6.04 Å². The molecule has 0 saturated heterocycles. The van der Waals surface area contributed by atoms with Crippen LogP contribution in [0.1, 0.15) is 37.4 Å². The topological polar surface area (TPSA) is 35.2 Å². The fourth-order valence-electron chi connectivity index (χ4n) is 2.31. The average Bonchev–Trinajstić information content (AvgIpc) is 2.53. The number of ether oxygens (including phenoxy) is 1. The molecule has 0 amide bonds. The quantitative estimate of drug-likeness (QED) is 0.856. The first-order valence-corrected chi connectivity index (χ1v) is 7.30. The van der Waals surface area contributed by atoms with Gasteiger partial charge in [-0.05, 0) is 36.1 Å². The minimum absolute atomic E-state index is 0.00972.